The van der Waals surface area contributed by atoms with Crippen molar-refractivity contribution < 1.29 is 23.8 Å². The maximum atomic E-state index is 11.6. The first-order chi connectivity index (χ1) is 12.9. The minimum atomic E-state index is -0.406. The maximum Gasteiger partial charge on any atom is 0.344 e. The summed E-state index contributed by atoms with van der Waals surface area (Å²) in [7, 11) is 1.34. The van der Waals surface area contributed by atoms with Gasteiger partial charge in [-0.15, -0.1) is 0 Å². The van der Waals surface area contributed by atoms with Gasteiger partial charge in [0, 0.05) is 6.21 Å². The van der Waals surface area contributed by atoms with Crippen LogP contribution in [0.4, 0.5) is 5.69 Å². The Morgan fingerprint density at radius 3 is 2.44 bits per heavy atom. The van der Waals surface area contributed by atoms with E-state index in [1.54, 1.807) is 44.3 Å². The lowest BCUT2D eigenvalue weighted by atomic mass is 10.1. The highest BCUT2D eigenvalue weighted by molar-refractivity contribution is 5.91. The largest absolute Gasteiger partial charge is 0.482 e. The van der Waals surface area contributed by atoms with Crippen LogP contribution < -0.4 is 4.74 Å². The molecule has 2 rings (SSSR count). The van der Waals surface area contributed by atoms with Crippen LogP contribution in [0.2, 0.25) is 0 Å². The molecule has 0 atom stereocenters. The summed E-state index contributed by atoms with van der Waals surface area (Å²) >= 11 is 0. The summed E-state index contributed by atoms with van der Waals surface area (Å²) in [6, 6.07) is 12.4. The molecule has 0 aliphatic heterocycles. The molecule has 0 aliphatic carbocycles. The number of aliphatic imine (C=N–C) groups is 1. The van der Waals surface area contributed by atoms with Crippen LogP contribution in [0.15, 0.2) is 47.5 Å². The Labute approximate surface area is 158 Å². The highest BCUT2D eigenvalue weighted by atomic mass is 16.6. The molecule has 0 amide bonds. The normalized spacial score (nSPS) is 10.9. The molecular formula is C21H23NO5. The summed E-state index contributed by atoms with van der Waals surface area (Å²) in [4.78, 5) is 27.6. The lowest BCUT2D eigenvalue weighted by Gasteiger charge is -2.09. The number of ether oxygens (including phenoxy) is 3. The van der Waals surface area contributed by atoms with Gasteiger partial charge in [-0.05, 0) is 68.3 Å². The zero-order valence-corrected chi connectivity index (χ0v) is 15.9. The molecule has 0 spiro atoms. The van der Waals surface area contributed by atoms with Crippen LogP contribution in [0.1, 0.15) is 35.3 Å². The average molecular weight is 369 g/mol. The summed E-state index contributed by atoms with van der Waals surface area (Å²) < 4.78 is 15.1. The Kier molecular flexibility index (Phi) is 7.11. The summed E-state index contributed by atoms with van der Waals surface area (Å²) in [6.07, 6.45) is 1.53. The van der Waals surface area contributed by atoms with E-state index in [0.717, 1.165) is 11.1 Å². The molecule has 142 valence electrons. The van der Waals surface area contributed by atoms with Crippen LogP contribution in [0.25, 0.3) is 0 Å². The molecule has 6 nitrogen and oxygen atoms in total. The van der Waals surface area contributed by atoms with Crippen LogP contribution in [0.3, 0.4) is 0 Å². The van der Waals surface area contributed by atoms with Gasteiger partial charge in [-0.1, -0.05) is 6.07 Å². The fourth-order valence-corrected chi connectivity index (χ4v) is 2.23. The molecule has 0 aliphatic rings. The van der Waals surface area contributed by atoms with E-state index in [2.05, 4.69) is 4.99 Å². The number of methoxy groups -OCH3 is 1. The predicted octanol–water partition coefficient (Wildman–Crippen LogP) is 3.86. The third-order valence-corrected chi connectivity index (χ3v) is 3.59. The van der Waals surface area contributed by atoms with Crippen molar-refractivity contribution in [3.8, 4) is 5.75 Å². The van der Waals surface area contributed by atoms with Gasteiger partial charge in [0.15, 0.2) is 6.61 Å². The molecule has 0 unspecified atom stereocenters. The summed E-state index contributed by atoms with van der Waals surface area (Å²) in [5.41, 5.74) is 2.94. The molecule has 6 heteroatoms. The van der Waals surface area contributed by atoms with Crippen LogP contribution in [0.5, 0.6) is 5.75 Å². The van der Waals surface area contributed by atoms with Crippen molar-refractivity contribution >= 4 is 23.8 Å². The second-order valence-electron chi connectivity index (χ2n) is 6.15. The van der Waals surface area contributed by atoms with Gasteiger partial charge in [0.2, 0.25) is 0 Å². The summed E-state index contributed by atoms with van der Waals surface area (Å²) in [5, 5.41) is 0. The third-order valence-electron chi connectivity index (χ3n) is 3.59. The molecule has 0 saturated carbocycles. The minimum Gasteiger partial charge on any atom is -0.482 e. The third kappa shape index (κ3) is 6.26. The Bertz CT molecular complexity index is 825. The molecule has 27 heavy (non-hydrogen) atoms. The van der Waals surface area contributed by atoms with Crippen LogP contribution in [0, 0.1) is 6.92 Å². The van der Waals surface area contributed by atoms with Crippen molar-refractivity contribution in [2.75, 3.05) is 13.7 Å². The number of carbonyl (C=O) groups excluding carboxylic acids is 2. The average Bonchev–Trinajstić information content (AvgIpc) is 2.65. The van der Waals surface area contributed by atoms with E-state index >= 15 is 0 Å². The van der Waals surface area contributed by atoms with Gasteiger partial charge in [0.25, 0.3) is 0 Å². The Balaban J connectivity index is 2.02. The van der Waals surface area contributed by atoms with Crippen LogP contribution in [-0.2, 0) is 14.3 Å². The number of aryl methyl sites for hydroxylation is 1. The number of benzene rings is 2. The van der Waals surface area contributed by atoms with Crippen molar-refractivity contribution in [2.45, 2.75) is 26.9 Å². The summed E-state index contributed by atoms with van der Waals surface area (Å²) in [5.74, 6) is -0.239. The highest BCUT2D eigenvalue weighted by Gasteiger charge is 2.08. The van der Waals surface area contributed by atoms with Gasteiger partial charge in [-0.25, -0.2) is 9.59 Å². The lowest BCUT2D eigenvalue weighted by Crippen LogP contribution is -2.18. The van der Waals surface area contributed by atoms with Crippen molar-refractivity contribution in [2.24, 2.45) is 4.99 Å². The minimum absolute atomic E-state index is 0.134. The zero-order chi connectivity index (χ0) is 19.8. The van der Waals surface area contributed by atoms with Gasteiger partial charge >= 0.3 is 11.9 Å². The van der Waals surface area contributed by atoms with Crippen LogP contribution >= 0.6 is 0 Å². The molecule has 0 N–H and O–H groups in total. The quantitative estimate of drug-likeness (QED) is 0.547. The van der Waals surface area contributed by atoms with Gasteiger partial charge in [-0.2, -0.15) is 0 Å². The highest BCUT2D eigenvalue weighted by Crippen LogP contribution is 2.21. The van der Waals surface area contributed by atoms with Gasteiger partial charge in [-0.3, -0.25) is 4.99 Å². The fraction of sp³-hybridized carbons (Fsp3) is 0.286. The number of hydrogen-bond acceptors (Lipinski definition) is 6. The smallest absolute Gasteiger partial charge is 0.344 e. The van der Waals surface area contributed by atoms with E-state index in [4.69, 9.17) is 14.2 Å². The van der Waals surface area contributed by atoms with E-state index in [-0.39, 0.29) is 12.7 Å². The fourth-order valence-electron chi connectivity index (χ4n) is 2.23. The molecule has 0 heterocycles. The zero-order valence-electron chi connectivity index (χ0n) is 15.9. The standard InChI is InChI=1S/C21H23NO5/c1-14(2)27-20(23)13-26-18-9-6-16(7-10-18)12-22-19-11-17(21(24)25-4)8-5-15(19)3/h5-12,14H,13H2,1-4H3. The number of hydrogen-bond donors (Lipinski definition) is 0. The molecule has 0 fully saturated rings. The molecule has 2 aromatic carbocycles. The van der Waals surface area contributed by atoms with E-state index in [0.29, 0.717) is 17.0 Å². The topological polar surface area (TPSA) is 74.2 Å². The van der Waals surface area contributed by atoms with Crippen LogP contribution in [-0.4, -0.2) is 38.0 Å². The van der Waals surface area contributed by atoms with E-state index in [1.165, 1.54) is 7.11 Å². The SMILES string of the molecule is COC(=O)c1ccc(C)c(N=Cc2ccc(OCC(=O)OC(C)C)cc2)c1. The number of rotatable bonds is 7. The predicted molar refractivity (Wildman–Crippen MR) is 103 cm³/mol. The number of nitrogens with zero attached hydrogens (tertiary/aromatic N) is 1. The first-order valence-corrected chi connectivity index (χ1v) is 8.54. The van der Waals surface area contributed by atoms with Crippen molar-refractivity contribution in [3.63, 3.8) is 0 Å². The van der Waals surface area contributed by atoms with Crippen molar-refractivity contribution in [3.05, 3.63) is 59.2 Å². The second-order valence-corrected chi connectivity index (χ2v) is 6.15. The Hall–Kier alpha value is -3.15. The molecular weight excluding hydrogens is 346 g/mol. The lowest BCUT2D eigenvalue weighted by molar-refractivity contribution is -0.149. The first-order valence-electron chi connectivity index (χ1n) is 8.54. The second kappa shape index (κ2) is 9.52. The first kappa shape index (κ1) is 20.2. The Morgan fingerprint density at radius 1 is 1.11 bits per heavy atom. The summed E-state index contributed by atoms with van der Waals surface area (Å²) in [6.45, 7) is 5.36. The molecule has 0 saturated heterocycles. The molecule has 0 bridgehead atoms. The molecule has 0 radical (unpaired) electrons. The number of carbonyl (C=O) groups is 2. The van der Waals surface area contributed by atoms with E-state index in [1.807, 2.05) is 25.1 Å². The van der Waals surface area contributed by atoms with Gasteiger partial charge < -0.3 is 14.2 Å². The Morgan fingerprint density at radius 2 is 1.81 bits per heavy atom. The monoisotopic (exact) mass is 369 g/mol. The van der Waals surface area contributed by atoms with E-state index < -0.39 is 11.9 Å². The van der Waals surface area contributed by atoms with Gasteiger partial charge in [0.05, 0.1) is 24.5 Å². The van der Waals surface area contributed by atoms with Crippen molar-refractivity contribution in [1.29, 1.82) is 0 Å². The maximum absolute atomic E-state index is 11.6. The van der Waals surface area contributed by atoms with Crippen molar-refractivity contribution in [1.82, 2.24) is 0 Å². The van der Waals surface area contributed by atoms with E-state index in [9.17, 15) is 9.59 Å². The molecule has 2 aromatic rings. The number of esters is 2. The molecule has 0 aromatic heterocycles. The van der Waals surface area contributed by atoms with Gasteiger partial charge in [0.1, 0.15) is 5.75 Å².